The van der Waals surface area contributed by atoms with Gasteiger partial charge in [0.15, 0.2) is 0 Å². The molecule has 1 N–H and O–H groups in total. The number of nitrogens with zero attached hydrogens (tertiary/aromatic N) is 2. The molecule has 0 aliphatic heterocycles. The molecule has 0 aliphatic carbocycles. The van der Waals surface area contributed by atoms with Crippen molar-refractivity contribution in [3.8, 4) is 0 Å². The molecule has 0 radical (unpaired) electrons. The van der Waals surface area contributed by atoms with Crippen molar-refractivity contribution in [3.05, 3.63) is 52.8 Å². The molecule has 0 fully saturated rings. The minimum absolute atomic E-state index is 0.302. The Morgan fingerprint density at radius 2 is 2.22 bits per heavy atom. The highest BCUT2D eigenvalue weighted by atomic mass is 35.5. The molecule has 2 rings (SSSR count). The van der Waals surface area contributed by atoms with Crippen LogP contribution in [0.25, 0.3) is 0 Å². The topological polar surface area (TPSA) is 29.9 Å². The third-order valence-electron chi connectivity index (χ3n) is 2.70. The Morgan fingerprint density at radius 1 is 1.39 bits per heavy atom. The van der Waals surface area contributed by atoms with Gasteiger partial charge in [-0.25, -0.2) is 9.37 Å². The summed E-state index contributed by atoms with van der Waals surface area (Å²) in [4.78, 5) is 4.23. The first kappa shape index (κ1) is 13.1. The van der Waals surface area contributed by atoms with Crippen LogP contribution >= 0.6 is 11.6 Å². The van der Waals surface area contributed by atoms with Crippen LogP contribution in [0.3, 0.4) is 0 Å². The second-order valence-corrected chi connectivity index (χ2v) is 4.60. The number of aromatic nitrogens is 2. The highest BCUT2D eigenvalue weighted by Gasteiger charge is 2.01. The maximum absolute atomic E-state index is 13.1. The fraction of sp³-hybridized carbons (Fsp3) is 0.308. The van der Waals surface area contributed by atoms with E-state index >= 15 is 0 Å². The molecule has 3 nitrogen and oxygen atoms in total. The number of hydrogen-bond donors (Lipinski definition) is 1. The van der Waals surface area contributed by atoms with E-state index in [2.05, 4.69) is 10.3 Å². The van der Waals surface area contributed by atoms with E-state index in [1.165, 1.54) is 12.1 Å². The van der Waals surface area contributed by atoms with E-state index in [0.717, 1.165) is 24.4 Å². The van der Waals surface area contributed by atoms with Gasteiger partial charge in [0, 0.05) is 44.0 Å². The fourth-order valence-electron chi connectivity index (χ4n) is 1.78. The average molecular weight is 268 g/mol. The molecular formula is C13H15ClFN3. The molecule has 1 aromatic heterocycles. The fourth-order valence-corrected chi connectivity index (χ4v) is 2.03. The van der Waals surface area contributed by atoms with Gasteiger partial charge >= 0.3 is 0 Å². The predicted octanol–water partition coefficient (Wildman–Crippen LogP) is 2.54. The Balaban J connectivity index is 1.80. The Kier molecular flexibility index (Phi) is 4.33. The van der Waals surface area contributed by atoms with E-state index in [1.54, 1.807) is 12.3 Å². The van der Waals surface area contributed by atoms with Crippen LogP contribution < -0.4 is 5.32 Å². The van der Waals surface area contributed by atoms with Crippen LogP contribution in [0.1, 0.15) is 11.4 Å². The summed E-state index contributed by atoms with van der Waals surface area (Å²) in [7, 11) is 1.97. The van der Waals surface area contributed by atoms with Crippen molar-refractivity contribution in [2.75, 3.05) is 6.54 Å². The summed E-state index contributed by atoms with van der Waals surface area (Å²) in [5.74, 6) is 0.725. The monoisotopic (exact) mass is 267 g/mol. The lowest BCUT2D eigenvalue weighted by atomic mass is 10.2. The molecule has 0 aliphatic rings. The van der Waals surface area contributed by atoms with Gasteiger partial charge in [0.05, 0.1) is 0 Å². The quantitative estimate of drug-likeness (QED) is 0.844. The van der Waals surface area contributed by atoms with Crippen LogP contribution in [0.2, 0.25) is 5.02 Å². The molecule has 0 saturated carbocycles. The smallest absolute Gasteiger partial charge is 0.125 e. The van der Waals surface area contributed by atoms with Crippen LogP contribution in [0.5, 0.6) is 0 Å². The first-order valence-electron chi connectivity index (χ1n) is 5.77. The number of nitrogens with one attached hydrogen (secondary N) is 1. The second-order valence-electron chi connectivity index (χ2n) is 4.16. The number of rotatable bonds is 5. The lowest BCUT2D eigenvalue weighted by molar-refractivity contribution is 0.617. The van der Waals surface area contributed by atoms with Gasteiger partial charge in [-0.2, -0.15) is 0 Å². The highest BCUT2D eigenvalue weighted by Crippen LogP contribution is 2.13. The molecule has 96 valence electrons. The van der Waals surface area contributed by atoms with E-state index in [0.29, 0.717) is 11.6 Å². The number of imidazole rings is 1. The van der Waals surface area contributed by atoms with Gasteiger partial charge in [-0.3, -0.25) is 0 Å². The molecule has 0 saturated heterocycles. The van der Waals surface area contributed by atoms with Crippen LogP contribution in [0, 0.1) is 5.82 Å². The van der Waals surface area contributed by atoms with Crippen molar-refractivity contribution < 1.29 is 4.39 Å². The van der Waals surface area contributed by atoms with Crippen LogP contribution in [-0.4, -0.2) is 16.1 Å². The van der Waals surface area contributed by atoms with Gasteiger partial charge in [0.1, 0.15) is 11.6 Å². The summed E-state index contributed by atoms with van der Waals surface area (Å²) in [6.07, 6.45) is 4.54. The summed E-state index contributed by atoms with van der Waals surface area (Å²) in [5.41, 5.74) is 0.847. The maximum Gasteiger partial charge on any atom is 0.125 e. The standard InChI is InChI=1S/C13H15ClFN3/c1-18-5-4-17-13(18)2-3-16-9-10-6-11(14)8-12(15)7-10/h4-8,16H,2-3,9H2,1H3. The largest absolute Gasteiger partial charge is 0.338 e. The summed E-state index contributed by atoms with van der Waals surface area (Å²) in [6.45, 7) is 1.39. The third kappa shape index (κ3) is 3.55. The van der Waals surface area contributed by atoms with Crippen molar-refractivity contribution in [1.29, 1.82) is 0 Å². The van der Waals surface area contributed by atoms with Gasteiger partial charge in [0.2, 0.25) is 0 Å². The molecular weight excluding hydrogens is 253 g/mol. The third-order valence-corrected chi connectivity index (χ3v) is 2.92. The van der Waals surface area contributed by atoms with E-state index < -0.39 is 0 Å². The summed E-state index contributed by atoms with van der Waals surface area (Å²) < 4.78 is 15.1. The molecule has 1 aromatic carbocycles. The maximum atomic E-state index is 13.1. The van der Waals surface area contributed by atoms with Crippen LogP contribution in [0.15, 0.2) is 30.6 Å². The van der Waals surface area contributed by atoms with Crippen molar-refractivity contribution >= 4 is 11.6 Å². The molecule has 0 unspecified atom stereocenters. The second kappa shape index (κ2) is 5.98. The van der Waals surface area contributed by atoms with Gasteiger partial charge in [-0.1, -0.05) is 11.6 Å². The van der Waals surface area contributed by atoms with Crippen molar-refractivity contribution in [2.24, 2.45) is 7.05 Å². The normalized spacial score (nSPS) is 10.8. The number of benzene rings is 1. The minimum atomic E-state index is -0.302. The summed E-state index contributed by atoms with van der Waals surface area (Å²) in [6, 6.07) is 4.55. The zero-order valence-corrected chi connectivity index (χ0v) is 10.9. The SMILES string of the molecule is Cn1ccnc1CCNCc1cc(F)cc(Cl)c1. The van der Waals surface area contributed by atoms with Gasteiger partial charge < -0.3 is 9.88 Å². The molecule has 1 heterocycles. The molecule has 2 aromatic rings. The number of hydrogen-bond acceptors (Lipinski definition) is 2. The zero-order valence-electron chi connectivity index (χ0n) is 10.2. The predicted molar refractivity (Wildman–Crippen MR) is 70.0 cm³/mol. The number of halogens is 2. The zero-order chi connectivity index (χ0) is 13.0. The van der Waals surface area contributed by atoms with Crippen molar-refractivity contribution in [2.45, 2.75) is 13.0 Å². The molecule has 0 atom stereocenters. The van der Waals surface area contributed by atoms with Crippen molar-refractivity contribution in [1.82, 2.24) is 14.9 Å². The molecule has 5 heteroatoms. The molecule has 0 spiro atoms. The summed E-state index contributed by atoms with van der Waals surface area (Å²) >= 11 is 5.78. The average Bonchev–Trinajstić information content (AvgIpc) is 2.69. The lowest BCUT2D eigenvalue weighted by Gasteiger charge is -2.06. The van der Waals surface area contributed by atoms with Gasteiger partial charge in [0.25, 0.3) is 0 Å². The lowest BCUT2D eigenvalue weighted by Crippen LogP contribution is -2.18. The van der Waals surface area contributed by atoms with E-state index in [9.17, 15) is 4.39 Å². The summed E-state index contributed by atoms with van der Waals surface area (Å²) in [5, 5.41) is 3.67. The van der Waals surface area contributed by atoms with E-state index in [-0.39, 0.29) is 5.82 Å². The first-order chi connectivity index (χ1) is 8.65. The van der Waals surface area contributed by atoms with E-state index in [1.807, 2.05) is 17.8 Å². The Hall–Kier alpha value is -1.39. The molecule has 0 amide bonds. The van der Waals surface area contributed by atoms with Gasteiger partial charge in [-0.15, -0.1) is 0 Å². The minimum Gasteiger partial charge on any atom is -0.338 e. The molecule has 0 bridgehead atoms. The van der Waals surface area contributed by atoms with Crippen molar-refractivity contribution in [3.63, 3.8) is 0 Å². The molecule has 18 heavy (non-hydrogen) atoms. The highest BCUT2D eigenvalue weighted by molar-refractivity contribution is 6.30. The number of aryl methyl sites for hydroxylation is 1. The van der Waals surface area contributed by atoms with Crippen LogP contribution in [-0.2, 0) is 20.0 Å². The Morgan fingerprint density at radius 3 is 2.89 bits per heavy atom. The Bertz CT molecular complexity index is 504. The van der Waals surface area contributed by atoms with Crippen LogP contribution in [0.4, 0.5) is 4.39 Å². The Labute approximate surface area is 111 Å². The van der Waals surface area contributed by atoms with E-state index in [4.69, 9.17) is 11.6 Å². The van der Waals surface area contributed by atoms with Gasteiger partial charge in [-0.05, 0) is 23.8 Å². The first-order valence-corrected chi connectivity index (χ1v) is 6.15.